The van der Waals surface area contributed by atoms with Crippen LogP contribution in [0.1, 0.15) is 17.9 Å². The van der Waals surface area contributed by atoms with E-state index < -0.39 is 35.7 Å². The number of amides is 1. The largest absolute Gasteiger partial charge is 0.461 e. The van der Waals surface area contributed by atoms with E-state index >= 15 is 0 Å². The Labute approximate surface area is 119 Å². The molecule has 1 aromatic carbocycles. The number of halogens is 2. The molecule has 5 nitrogen and oxygen atoms in total. The summed E-state index contributed by atoms with van der Waals surface area (Å²) in [4.78, 5) is 22.6. The standard InChI is InChI=1S/C14H13F2NO4/c15-7-1-2-12(16)10(3-7)9-4-11(9)13(18)20-6-8-5-17-14(19)21-8/h1-3,8-9,11H,4-6H2,(H,17,19)/t8-,9-,11+/m1/s1. The number of benzene rings is 1. The summed E-state index contributed by atoms with van der Waals surface area (Å²) >= 11 is 0. The molecule has 7 heteroatoms. The monoisotopic (exact) mass is 297 g/mol. The van der Waals surface area contributed by atoms with Crippen molar-refractivity contribution in [3.8, 4) is 0 Å². The molecule has 1 amide bonds. The van der Waals surface area contributed by atoms with E-state index in [0.717, 1.165) is 18.2 Å². The Morgan fingerprint density at radius 1 is 1.43 bits per heavy atom. The molecule has 1 aliphatic carbocycles. The molecule has 0 spiro atoms. The zero-order chi connectivity index (χ0) is 15.0. The van der Waals surface area contributed by atoms with E-state index in [1.807, 2.05) is 0 Å². The van der Waals surface area contributed by atoms with Crippen LogP contribution in [0.15, 0.2) is 18.2 Å². The van der Waals surface area contributed by atoms with E-state index in [9.17, 15) is 18.4 Å². The van der Waals surface area contributed by atoms with Gasteiger partial charge in [-0.3, -0.25) is 4.79 Å². The maximum atomic E-state index is 13.6. The minimum absolute atomic E-state index is 0.0353. The maximum Gasteiger partial charge on any atom is 0.407 e. The Morgan fingerprint density at radius 2 is 2.24 bits per heavy atom. The fourth-order valence-corrected chi connectivity index (χ4v) is 2.40. The number of cyclic esters (lactones) is 1. The van der Waals surface area contributed by atoms with E-state index in [1.165, 1.54) is 0 Å². The van der Waals surface area contributed by atoms with Gasteiger partial charge in [-0.2, -0.15) is 0 Å². The Kier molecular flexibility index (Phi) is 3.48. The highest BCUT2D eigenvalue weighted by atomic mass is 19.1. The normalized spacial score (nSPS) is 27.0. The van der Waals surface area contributed by atoms with Gasteiger partial charge in [0.05, 0.1) is 12.5 Å². The van der Waals surface area contributed by atoms with Gasteiger partial charge in [-0.05, 0) is 30.2 Å². The number of rotatable bonds is 4. The van der Waals surface area contributed by atoms with Crippen molar-refractivity contribution in [3.63, 3.8) is 0 Å². The molecule has 0 unspecified atom stereocenters. The summed E-state index contributed by atoms with van der Waals surface area (Å²) in [5.41, 5.74) is 0.200. The third-order valence-electron chi connectivity index (χ3n) is 3.61. The van der Waals surface area contributed by atoms with Crippen molar-refractivity contribution in [2.75, 3.05) is 13.2 Å². The van der Waals surface area contributed by atoms with Gasteiger partial charge < -0.3 is 14.8 Å². The zero-order valence-corrected chi connectivity index (χ0v) is 11.0. The molecule has 0 radical (unpaired) electrons. The first-order chi connectivity index (χ1) is 10.0. The van der Waals surface area contributed by atoms with Gasteiger partial charge in [0.15, 0.2) is 6.10 Å². The van der Waals surface area contributed by atoms with Crippen LogP contribution in [0.3, 0.4) is 0 Å². The first-order valence-corrected chi connectivity index (χ1v) is 6.60. The van der Waals surface area contributed by atoms with Crippen molar-refractivity contribution >= 4 is 12.1 Å². The quantitative estimate of drug-likeness (QED) is 0.859. The van der Waals surface area contributed by atoms with Crippen LogP contribution in [-0.4, -0.2) is 31.3 Å². The fraction of sp³-hybridized carbons (Fsp3) is 0.429. The van der Waals surface area contributed by atoms with Gasteiger partial charge in [0.1, 0.15) is 18.2 Å². The Morgan fingerprint density at radius 3 is 2.95 bits per heavy atom. The van der Waals surface area contributed by atoms with Crippen LogP contribution in [0.25, 0.3) is 0 Å². The molecule has 0 aromatic heterocycles. The number of carbonyl (C=O) groups excluding carboxylic acids is 2. The number of alkyl carbamates (subject to hydrolysis) is 1. The summed E-state index contributed by atoms with van der Waals surface area (Å²) in [6.07, 6.45) is -0.603. The van der Waals surface area contributed by atoms with Crippen molar-refractivity contribution in [2.24, 2.45) is 5.92 Å². The van der Waals surface area contributed by atoms with E-state index in [2.05, 4.69) is 5.32 Å². The summed E-state index contributed by atoms with van der Waals surface area (Å²) in [5, 5.41) is 2.44. The predicted molar refractivity (Wildman–Crippen MR) is 66.4 cm³/mol. The first kappa shape index (κ1) is 13.8. The number of hydrogen-bond acceptors (Lipinski definition) is 4. The highest BCUT2D eigenvalue weighted by molar-refractivity contribution is 5.77. The number of hydrogen-bond donors (Lipinski definition) is 1. The van der Waals surface area contributed by atoms with Crippen molar-refractivity contribution < 1.29 is 27.8 Å². The molecule has 2 fully saturated rings. The van der Waals surface area contributed by atoms with Crippen molar-refractivity contribution in [3.05, 3.63) is 35.4 Å². The van der Waals surface area contributed by atoms with Crippen molar-refractivity contribution in [1.82, 2.24) is 5.32 Å². The van der Waals surface area contributed by atoms with Crippen LogP contribution in [0.5, 0.6) is 0 Å². The van der Waals surface area contributed by atoms with Crippen LogP contribution in [0.4, 0.5) is 13.6 Å². The topological polar surface area (TPSA) is 64.6 Å². The van der Waals surface area contributed by atoms with E-state index in [-0.39, 0.29) is 18.1 Å². The summed E-state index contributed by atoms with van der Waals surface area (Å²) in [7, 11) is 0. The van der Waals surface area contributed by atoms with Gasteiger partial charge in [0, 0.05) is 5.92 Å². The van der Waals surface area contributed by atoms with Gasteiger partial charge in [0.2, 0.25) is 0 Å². The third kappa shape index (κ3) is 2.96. The van der Waals surface area contributed by atoms with Gasteiger partial charge in [0.25, 0.3) is 0 Å². The molecule has 1 saturated heterocycles. The number of carbonyl (C=O) groups is 2. The zero-order valence-electron chi connectivity index (χ0n) is 11.0. The first-order valence-electron chi connectivity index (χ1n) is 6.60. The lowest BCUT2D eigenvalue weighted by molar-refractivity contribution is -0.147. The average molecular weight is 297 g/mol. The molecule has 2 aliphatic rings. The molecule has 1 aliphatic heterocycles. The average Bonchev–Trinajstić information content (AvgIpc) is 3.14. The fourth-order valence-electron chi connectivity index (χ4n) is 2.40. The third-order valence-corrected chi connectivity index (χ3v) is 3.61. The van der Waals surface area contributed by atoms with E-state index in [0.29, 0.717) is 13.0 Å². The minimum Gasteiger partial charge on any atom is -0.461 e. The van der Waals surface area contributed by atoms with Gasteiger partial charge in [-0.25, -0.2) is 13.6 Å². The van der Waals surface area contributed by atoms with E-state index in [4.69, 9.17) is 9.47 Å². The van der Waals surface area contributed by atoms with Crippen molar-refractivity contribution in [2.45, 2.75) is 18.4 Å². The number of ether oxygens (including phenoxy) is 2. The number of esters is 1. The predicted octanol–water partition coefficient (Wildman–Crippen LogP) is 1.72. The molecule has 112 valence electrons. The van der Waals surface area contributed by atoms with Gasteiger partial charge in [-0.15, -0.1) is 0 Å². The summed E-state index contributed by atoms with van der Waals surface area (Å²) in [5.74, 6) is -2.35. The second-order valence-corrected chi connectivity index (χ2v) is 5.15. The molecule has 0 bridgehead atoms. The van der Waals surface area contributed by atoms with Crippen molar-refractivity contribution in [1.29, 1.82) is 0 Å². The molecule has 1 aromatic rings. The molecule has 21 heavy (non-hydrogen) atoms. The molecule has 1 saturated carbocycles. The highest BCUT2D eigenvalue weighted by Crippen LogP contribution is 2.49. The SMILES string of the molecule is O=C1NC[C@H](COC(=O)[C@H]2C[C@@H]2c2cc(F)ccc2F)O1. The van der Waals surface area contributed by atoms with Gasteiger partial charge in [-0.1, -0.05) is 0 Å². The molecule has 1 heterocycles. The lowest BCUT2D eigenvalue weighted by atomic mass is 10.1. The molecule has 3 rings (SSSR count). The second kappa shape index (κ2) is 5.31. The van der Waals surface area contributed by atoms with E-state index in [1.54, 1.807) is 0 Å². The Balaban J connectivity index is 1.53. The van der Waals surface area contributed by atoms with Crippen LogP contribution in [0.2, 0.25) is 0 Å². The van der Waals surface area contributed by atoms with Crippen LogP contribution in [-0.2, 0) is 14.3 Å². The van der Waals surface area contributed by atoms with Crippen LogP contribution >= 0.6 is 0 Å². The lowest BCUT2D eigenvalue weighted by Crippen LogP contribution is -2.23. The highest BCUT2D eigenvalue weighted by Gasteiger charge is 2.46. The smallest absolute Gasteiger partial charge is 0.407 e. The van der Waals surface area contributed by atoms with Crippen LogP contribution in [0, 0.1) is 17.6 Å². The maximum absolute atomic E-state index is 13.6. The van der Waals surface area contributed by atoms with Crippen LogP contribution < -0.4 is 5.32 Å². The molecule has 3 atom stereocenters. The minimum atomic E-state index is -0.540. The Hall–Kier alpha value is -2.18. The Bertz CT molecular complexity index is 592. The second-order valence-electron chi connectivity index (χ2n) is 5.15. The summed E-state index contributed by atoms with van der Waals surface area (Å²) in [6.45, 7) is 0.255. The summed E-state index contributed by atoms with van der Waals surface area (Å²) < 4.78 is 36.6. The molecule has 1 N–H and O–H groups in total. The lowest BCUT2D eigenvalue weighted by Gasteiger charge is -2.09. The summed E-state index contributed by atoms with van der Waals surface area (Å²) in [6, 6.07) is 3.20. The molecular formula is C14H13F2NO4. The molecular weight excluding hydrogens is 284 g/mol. The number of nitrogens with one attached hydrogen (secondary N) is 1. The van der Waals surface area contributed by atoms with Gasteiger partial charge >= 0.3 is 12.1 Å².